The van der Waals surface area contributed by atoms with Crippen molar-refractivity contribution in [1.82, 2.24) is 20.5 Å². The summed E-state index contributed by atoms with van der Waals surface area (Å²) >= 11 is 0. The Morgan fingerprint density at radius 2 is 1.90 bits per heavy atom. The normalized spacial score (nSPS) is 15.4. The molecule has 2 rings (SSSR count). The molecule has 0 radical (unpaired) electrons. The molecule has 1 aliphatic rings. The van der Waals surface area contributed by atoms with Gasteiger partial charge in [0.2, 0.25) is 5.91 Å². The number of amides is 1. The Morgan fingerprint density at radius 1 is 1.26 bits per heavy atom. The molecule has 1 aromatic heterocycles. The molecule has 1 aliphatic heterocycles. The Kier molecular flexibility index (Phi) is 12.1. The van der Waals surface area contributed by atoms with Crippen LogP contribution in [0.3, 0.4) is 0 Å². The summed E-state index contributed by atoms with van der Waals surface area (Å²) in [6.07, 6.45) is 3.38. The van der Waals surface area contributed by atoms with Gasteiger partial charge in [0.05, 0.1) is 0 Å². The van der Waals surface area contributed by atoms with Crippen LogP contribution in [-0.4, -0.2) is 67.1 Å². The first kappa shape index (κ1) is 27.4. The van der Waals surface area contributed by atoms with Crippen molar-refractivity contribution < 1.29 is 4.79 Å². The van der Waals surface area contributed by atoms with Gasteiger partial charge in [-0.2, -0.15) is 0 Å². The molecule has 0 aliphatic carbocycles. The second kappa shape index (κ2) is 13.7. The summed E-state index contributed by atoms with van der Waals surface area (Å²) in [7, 11) is 1.79. The van der Waals surface area contributed by atoms with Crippen molar-refractivity contribution in [2.24, 2.45) is 16.6 Å². The SMILES string of the molecule is CN=C(NCCN(C(C)C)C(C)C)NCc1cccnc1N1CCC(C(N)=O)CC1.I. The number of guanidine groups is 1. The lowest BCUT2D eigenvalue weighted by Crippen LogP contribution is -2.45. The van der Waals surface area contributed by atoms with Gasteiger partial charge in [-0.05, 0) is 46.6 Å². The first-order valence-corrected chi connectivity index (χ1v) is 11.0. The molecule has 176 valence electrons. The largest absolute Gasteiger partial charge is 0.369 e. The smallest absolute Gasteiger partial charge is 0.220 e. The van der Waals surface area contributed by atoms with E-state index in [1.807, 2.05) is 12.3 Å². The van der Waals surface area contributed by atoms with Crippen LogP contribution in [0.5, 0.6) is 0 Å². The second-order valence-corrected chi connectivity index (χ2v) is 8.43. The van der Waals surface area contributed by atoms with Crippen LogP contribution in [0.15, 0.2) is 23.3 Å². The van der Waals surface area contributed by atoms with Gasteiger partial charge in [-0.15, -0.1) is 24.0 Å². The second-order valence-electron chi connectivity index (χ2n) is 8.43. The van der Waals surface area contributed by atoms with Gasteiger partial charge in [0, 0.05) is 69.5 Å². The fraction of sp³-hybridized carbons (Fsp3) is 0.682. The molecule has 0 atom stereocenters. The molecule has 0 aromatic carbocycles. The molecule has 0 spiro atoms. The van der Waals surface area contributed by atoms with Gasteiger partial charge in [0.25, 0.3) is 0 Å². The quantitative estimate of drug-likeness (QED) is 0.250. The van der Waals surface area contributed by atoms with Gasteiger partial charge in [-0.3, -0.25) is 14.7 Å². The van der Waals surface area contributed by atoms with E-state index < -0.39 is 0 Å². The Bertz CT molecular complexity index is 695. The third kappa shape index (κ3) is 8.44. The molecule has 2 heterocycles. The minimum atomic E-state index is -0.194. The summed E-state index contributed by atoms with van der Waals surface area (Å²) < 4.78 is 0. The summed E-state index contributed by atoms with van der Waals surface area (Å²) in [5.74, 6) is 1.53. The van der Waals surface area contributed by atoms with E-state index in [0.717, 1.165) is 56.4 Å². The van der Waals surface area contributed by atoms with E-state index in [4.69, 9.17) is 5.73 Å². The number of rotatable bonds is 9. The van der Waals surface area contributed by atoms with E-state index in [9.17, 15) is 4.79 Å². The number of nitrogens with two attached hydrogens (primary N) is 1. The Hall–Kier alpha value is -1.62. The van der Waals surface area contributed by atoms with Crippen LogP contribution in [0.4, 0.5) is 5.82 Å². The van der Waals surface area contributed by atoms with E-state index in [1.54, 1.807) is 7.05 Å². The lowest BCUT2D eigenvalue weighted by molar-refractivity contribution is -0.122. The average molecular weight is 546 g/mol. The number of piperidine rings is 1. The zero-order valence-electron chi connectivity index (χ0n) is 19.6. The lowest BCUT2D eigenvalue weighted by atomic mass is 9.96. The minimum absolute atomic E-state index is 0. The van der Waals surface area contributed by atoms with Gasteiger partial charge in [-0.1, -0.05) is 6.07 Å². The van der Waals surface area contributed by atoms with E-state index in [2.05, 4.69) is 64.2 Å². The van der Waals surface area contributed by atoms with Crippen LogP contribution < -0.4 is 21.3 Å². The fourth-order valence-electron chi connectivity index (χ4n) is 4.04. The molecule has 31 heavy (non-hydrogen) atoms. The standard InChI is InChI=1S/C22H39N7O.HI/c1-16(2)29(17(3)4)14-11-26-22(24-5)27-15-19-7-6-10-25-21(19)28-12-8-18(9-13-28)20(23)30;/h6-7,10,16-18H,8-9,11-15H2,1-5H3,(H2,23,30)(H2,24,26,27);1H. The summed E-state index contributed by atoms with van der Waals surface area (Å²) in [5.41, 5.74) is 6.58. The maximum atomic E-state index is 11.4. The number of hydrogen-bond donors (Lipinski definition) is 3. The fourth-order valence-corrected chi connectivity index (χ4v) is 4.04. The Balaban J connectivity index is 0.00000480. The van der Waals surface area contributed by atoms with Gasteiger partial charge < -0.3 is 21.3 Å². The number of nitrogens with zero attached hydrogens (tertiary/aromatic N) is 4. The summed E-state index contributed by atoms with van der Waals surface area (Å²) in [5, 5.41) is 6.81. The predicted octanol–water partition coefficient (Wildman–Crippen LogP) is 2.19. The maximum Gasteiger partial charge on any atom is 0.220 e. The number of pyridine rings is 1. The van der Waals surface area contributed by atoms with Crippen LogP contribution in [0.2, 0.25) is 0 Å². The highest BCUT2D eigenvalue weighted by Gasteiger charge is 2.25. The topological polar surface area (TPSA) is 98.9 Å². The van der Waals surface area contributed by atoms with E-state index in [0.29, 0.717) is 18.6 Å². The number of hydrogen-bond acceptors (Lipinski definition) is 5. The van der Waals surface area contributed by atoms with Crippen molar-refractivity contribution >= 4 is 41.7 Å². The third-order valence-electron chi connectivity index (χ3n) is 5.72. The van der Waals surface area contributed by atoms with Crippen LogP contribution in [0.25, 0.3) is 0 Å². The van der Waals surface area contributed by atoms with Crippen LogP contribution in [0.1, 0.15) is 46.1 Å². The van der Waals surface area contributed by atoms with Gasteiger partial charge in [0.15, 0.2) is 5.96 Å². The molecule has 1 fully saturated rings. The minimum Gasteiger partial charge on any atom is -0.369 e. The number of carbonyl (C=O) groups is 1. The molecule has 0 bridgehead atoms. The van der Waals surface area contributed by atoms with Crippen molar-refractivity contribution in [3.05, 3.63) is 23.9 Å². The van der Waals surface area contributed by atoms with Crippen LogP contribution in [-0.2, 0) is 11.3 Å². The molecule has 1 saturated heterocycles. The summed E-state index contributed by atoms with van der Waals surface area (Å²) in [6.45, 7) is 12.9. The summed E-state index contributed by atoms with van der Waals surface area (Å²) in [6, 6.07) is 5.06. The van der Waals surface area contributed by atoms with Crippen LogP contribution >= 0.6 is 24.0 Å². The Morgan fingerprint density at radius 3 is 2.45 bits per heavy atom. The van der Waals surface area contributed by atoms with Crippen molar-refractivity contribution in [3.63, 3.8) is 0 Å². The number of halogens is 1. The lowest BCUT2D eigenvalue weighted by Gasteiger charge is -2.32. The number of nitrogens with one attached hydrogen (secondary N) is 2. The zero-order valence-corrected chi connectivity index (χ0v) is 21.9. The predicted molar refractivity (Wildman–Crippen MR) is 139 cm³/mol. The molecule has 1 amide bonds. The first-order valence-electron chi connectivity index (χ1n) is 11.0. The molecule has 1 aromatic rings. The Labute approximate surface area is 204 Å². The highest BCUT2D eigenvalue weighted by Crippen LogP contribution is 2.24. The average Bonchev–Trinajstić information content (AvgIpc) is 2.73. The molecular weight excluding hydrogens is 505 g/mol. The number of aromatic nitrogens is 1. The monoisotopic (exact) mass is 545 g/mol. The van der Waals surface area contributed by atoms with E-state index in [-0.39, 0.29) is 35.8 Å². The maximum absolute atomic E-state index is 11.4. The summed E-state index contributed by atoms with van der Waals surface area (Å²) in [4.78, 5) is 25.1. The zero-order chi connectivity index (χ0) is 22.1. The number of anilines is 1. The van der Waals surface area contributed by atoms with Crippen molar-refractivity contribution in [3.8, 4) is 0 Å². The molecule has 0 unspecified atom stereocenters. The van der Waals surface area contributed by atoms with Gasteiger partial charge >= 0.3 is 0 Å². The highest BCUT2D eigenvalue weighted by molar-refractivity contribution is 14.0. The number of carbonyl (C=O) groups excluding carboxylic acids is 1. The van der Waals surface area contributed by atoms with E-state index >= 15 is 0 Å². The van der Waals surface area contributed by atoms with Crippen LogP contribution in [0, 0.1) is 5.92 Å². The number of primary amides is 1. The molecule has 9 heteroatoms. The van der Waals surface area contributed by atoms with Gasteiger partial charge in [-0.25, -0.2) is 4.98 Å². The third-order valence-corrected chi connectivity index (χ3v) is 5.72. The van der Waals surface area contributed by atoms with Crippen molar-refractivity contribution in [2.75, 3.05) is 38.1 Å². The number of aliphatic imine (C=N–C) groups is 1. The molecule has 0 saturated carbocycles. The molecule has 4 N–H and O–H groups in total. The molecular formula is C22H40IN7O. The first-order chi connectivity index (χ1) is 14.3. The van der Waals surface area contributed by atoms with Crippen molar-refractivity contribution in [1.29, 1.82) is 0 Å². The van der Waals surface area contributed by atoms with E-state index in [1.165, 1.54) is 0 Å². The van der Waals surface area contributed by atoms with Gasteiger partial charge in [0.1, 0.15) is 5.82 Å². The highest BCUT2D eigenvalue weighted by atomic mass is 127. The molecule has 8 nitrogen and oxygen atoms in total. The van der Waals surface area contributed by atoms with Crippen molar-refractivity contribution in [2.45, 2.75) is 59.2 Å².